The van der Waals surface area contributed by atoms with Crippen LogP contribution in [0.4, 0.5) is 10.1 Å². The summed E-state index contributed by atoms with van der Waals surface area (Å²) < 4.78 is 17.9. The predicted octanol–water partition coefficient (Wildman–Crippen LogP) is 2.89. The fraction of sp³-hybridized carbons (Fsp3) is 0.462. The topological polar surface area (TPSA) is 38.3 Å². The van der Waals surface area contributed by atoms with E-state index in [0.29, 0.717) is 13.0 Å². The Bertz CT molecular complexity index is 393. The minimum Gasteiger partial charge on any atom is -0.464 e. The van der Waals surface area contributed by atoms with Crippen LogP contribution in [0.1, 0.15) is 25.8 Å². The molecule has 1 aromatic rings. The van der Waals surface area contributed by atoms with Crippen molar-refractivity contribution < 1.29 is 13.9 Å². The maximum atomic E-state index is 12.9. The first-order chi connectivity index (χ1) is 8.08. The molecular weight excluding hydrogens is 221 g/mol. The minimum atomic E-state index is -0.390. The van der Waals surface area contributed by atoms with Crippen molar-refractivity contribution in [1.29, 1.82) is 0 Å². The Hall–Kier alpha value is -1.58. The van der Waals surface area contributed by atoms with Gasteiger partial charge in [-0.25, -0.2) is 9.18 Å². The lowest BCUT2D eigenvalue weighted by Gasteiger charge is -2.18. The van der Waals surface area contributed by atoms with Crippen molar-refractivity contribution in [3.05, 3.63) is 29.6 Å². The normalized spacial score (nSPS) is 12.0. The maximum Gasteiger partial charge on any atom is 0.328 e. The largest absolute Gasteiger partial charge is 0.464 e. The molecule has 94 valence electrons. The van der Waals surface area contributed by atoms with Gasteiger partial charge < -0.3 is 10.1 Å². The van der Waals surface area contributed by atoms with Crippen molar-refractivity contribution in [3.8, 4) is 0 Å². The average molecular weight is 239 g/mol. The highest BCUT2D eigenvalue weighted by Crippen LogP contribution is 2.17. The van der Waals surface area contributed by atoms with Gasteiger partial charge in [0.15, 0.2) is 0 Å². The lowest BCUT2D eigenvalue weighted by atomic mass is 10.1. The van der Waals surface area contributed by atoms with Crippen LogP contribution in [0.3, 0.4) is 0 Å². The molecule has 0 radical (unpaired) electrons. The third-order valence-corrected chi connectivity index (χ3v) is 2.50. The highest BCUT2D eigenvalue weighted by Gasteiger charge is 2.17. The van der Waals surface area contributed by atoms with Gasteiger partial charge in [-0.2, -0.15) is 0 Å². The fourth-order valence-electron chi connectivity index (χ4n) is 1.55. The van der Waals surface area contributed by atoms with Gasteiger partial charge in [-0.3, -0.25) is 0 Å². The van der Waals surface area contributed by atoms with Crippen LogP contribution in [0.15, 0.2) is 18.2 Å². The SMILES string of the molecule is CCOC(=O)C(CC)Nc1ccc(F)cc1C. The number of ether oxygens (including phenoxy) is 1. The Kier molecular flexibility index (Phi) is 4.94. The third-order valence-electron chi connectivity index (χ3n) is 2.50. The van der Waals surface area contributed by atoms with E-state index < -0.39 is 0 Å². The van der Waals surface area contributed by atoms with Gasteiger partial charge in [0.2, 0.25) is 0 Å². The van der Waals surface area contributed by atoms with Crippen molar-refractivity contribution in [2.24, 2.45) is 0 Å². The van der Waals surface area contributed by atoms with Gasteiger partial charge in [0.1, 0.15) is 11.9 Å². The van der Waals surface area contributed by atoms with Gasteiger partial charge in [-0.15, -0.1) is 0 Å². The Morgan fingerprint density at radius 3 is 2.71 bits per heavy atom. The number of anilines is 1. The van der Waals surface area contributed by atoms with Crippen LogP contribution in [0, 0.1) is 12.7 Å². The van der Waals surface area contributed by atoms with E-state index in [1.54, 1.807) is 19.9 Å². The first-order valence-electron chi connectivity index (χ1n) is 5.77. The first-order valence-corrected chi connectivity index (χ1v) is 5.77. The number of carbonyl (C=O) groups is 1. The Morgan fingerprint density at radius 2 is 2.18 bits per heavy atom. The lowest BCUT2D eigenvalue weighted by molar-refractivity contribution is -0.144. The molecule has 0 aliphatic heterocycles. The van der Waals surface area contributed by atoms with E-state index in [-0.39, 0.29) is 17.8 Å². The fourth-order valence-corrected chi connectivity index (χ4v) is 1.55. The van der Waals surface area contributed by atoms with Crippen molar-refractivity contribution >= 4 is 11.7 Å². The number of halogens is 1. The highest BCUT2D eigenvalue weighted by atomic mass is 19.1. The molecule has 0 fully saturated rings. The number of benzene rings is 1. The van der Waals surface area contributed by atoms with Crippen LogP contribution in [0.5, 0.6) is 0 Å². The summed E-state index contributed by atoms with van der Waals surface area (Å²) in [5, 5.41) is 3.07. The smallest absolute Gasteiger partial charge is 0.328 e. The molecule has 4 heteroatoms. The first kappa shape index (κ1) is 13.5. The molecule has 0 spiro atoms. The number of hydrogen-bond donors (Lipinski definition) is 1. The van der Waals surface area contributed by atoms with Crippen LogP contribution in [0.25, 0.3) is 0 Å². The van der Waals surface area contributed by atoms with Crippen molar-refractivity contribution in [2.75, 3.05) is 11.9 Å². The number of nitrogens with one attached hydrogen (secondary N) is 1. The quantitative estimate of drug-likeness (QED) is 0.803. The zero-order valence-electron chi connectivity index (χ0n) is 10.4. The van der Waals surface area contributed by atoms with E-state index >= 15 is 0 Å². The summed E-state index contributed by atoms with van der Waals surface area (Å²) >= 11 is 0. The van der Waals surface area contributed by atoms with Gasteiger partial charge >= 0.3 is 5.97 Å². The molecule has 1 aromatic carbocycles. The number of hydrogen-bond acceptors (Lipinski definition) is 3. The van der Waals surface area contributed by atoms with Crippen molar-refractivity contribution in [3.63, 3.8) is 0 Å². The molecule has 1 atom stereocenters. The summed E-state index contributed by atoms with van der Waals surface area (Å²) in [5.74, 6) is -0.559. The van der Waals surface area contributed by atoms with Gasteiger partial charge in [0.25, 0.3) is 0 Å². The number of esters is 1. The Balaban J connectivity index is 2.77. The van der Waals surface area contributed by atoms with Gasteiger partial charge in [-0.1, -0.05) is 6.92 Å². The molecule has 3 nitrogen and oxygen atoms in total. The van der Waals surface area contributed by atoms with E-state index in [9.17, 15) is 9.18 Å². The molecule has 1 N–H and O–H groups in total. The van der Waals surface area contributed by atoms with E-state index in [1.807, 2.05) is 6.92 Å². The molecule has 0 aliphatic rings. The molecule has 0 aliphatic carbocycles. The van der Waals surface area contributed by atoms with Gasteiger partial charge in [0, 0.05) is 5.69 Å². The van der Waals surface area contributed by atoms with Crippen LogP contribution < -0.4 is 5.32 Å². The van der Waals surface area contributed by atoms with E-state index in [2.05, 4.69) is 5.32 Å². The summed E-state index contributed by atoms with van der Waals surface area (Å²) in [6, 6.07) is 4.04. The number of rotatable bonds is 5. The number of carbonyl (C=O) groups excluding carboxylic acids is 1. The second kappa shape index (κ2) is 6.23. The molecule has 0 bridgehead atoms. The van der Waals surface area contributed by atoms with Crippen LogP contribution in [0.2, 0.25) is 0 Å². The van der Waals surface area contributed by atoms with E-state index in [1.165, 1.54) is 12.1 Å². The second-order valence-corrected chi connectivity index (χ2v) is 3.82. The molecular formula is C13H18FNO2. The number of aryl methyl sites for hydroxylation is 1. The van der Waals surface area contributed by atoms with Crippen LogP contribution in [-0.2, 0) is 9.53 Å². The maximum absolute atomic E-state index is 12.9. The van der Waals surface area contributed by atoms with E-state index in [0.717, 1.165) is 11.3 Å². The summed E-state index contributed by atoms with van der Waals surface area (Å²) in [6.07, 6.45) is 0.621. The molecule has 0 heterocycles. The Morgan fingerprint density at radius 1 is 1.47 bits per heavy atom. The predicted molar refractivity (Wildman–Crippen MR) is 65.5 cm³/mol. The van der Waals surface area contributed by atoms with Crippen molar-refractivity contribution in [2.45, 2.75) is 33.2 Å². The Labute approximate surface area is 101 Å². The monoisotopic (exact) mass is 239 g/mol. The molecule has 0 saturated carbocycles. The summed E-state index contributed by atoms with van der Waals surface area (Å²) in [6.45, 7) is 5.82. The average Bonchev–Trinajstić information content (AvgIpc) is 2.28. The molecule has 0 saturated heterocycles. The zero-order valence-corrected chi connectivity index (χ0v) is 10.4. The van der Waals surface area contributed by atoms with Crippen molar-refractivity contribution in [1.82, 2.24) is 0 Å². The minimum absolute atomic E-state index is 0.279. The molecule has 17 heavy (non-hydrogen) atoms. The van der Waals surface area contributed by atoms with Gasteiger partial charge in [0.05, 0.1) is 6.61 Å². The molecule has 0 amide bonds. The lowest BCUT2D eigenvalue weighted by Crippen LogP contribution is -2.30. The third kappa shape index (κ3) is 3.73. The second-order valence-electron chi connectivity index (χ2n) is 3.82. The summed E-state index contributed by atoms with van der Waals surface area (Å²) in [5.41, 5.74) is 1.53. The zero-order chi connectivity index (χ0) is 12.8. The van der Waals surface area contributed by atoms with Crippen LogP contribution >= 0.6 is 0 Å². The summed E-state index contributed by atoms with van der Waals surface area (Å²) in [7, 11) is 0. The van der Waals surface area contributed by atoms with Gasteiger partial charge in [-0.05, 0) is 44.0 Å². The molecule has 1 rings (SSSR count). The highest BCUT2D eigenvalue weighted by molar-refractivity contribution is 5.79. The molecule has 0 aromatic heterocycles. The standard InChI is InChI=1S/C13H18FNO2/c1-4-11(13(16)17-5-2)15-12-7-6-10(14)8-9(12)3/h6-8,11,15H,4-5H2,1-3H3. The summed E-state index contributed by atoms with van der Waals surface area (Å²) in [4.78, 5) is 11.6. The molecule has 1 unspecified atom stereocenters. The van der Waals surface area contributed by atoms with Crippen LogP contribution in [-0.4, -0.2) is 18.6 Å². The van der Waals surface area contributed by atoms with E-state index in [4.69, 9.17) is 4.74 Å².